The number of hydrogen-bond donors (Lipinski definition) is 4. The highest BCUT2D eigenvalue weighted by atomic mass is 16.5. The third-order valence-corrected chi connectivity index (χ3v) is 6.52. The van der Waals surface area contributed by atoms with Gasteiger partial charge in [0, 0.05) is 56.8 Å². The van der Waals surface area contributed by atoms with Crippen molar-refractivity contribution in [2.24, 2.45) is 7.05 Å². The number of morpholine rings is 1. The van der Waals surface area contributed by atoms with Gasteiger partial charge in [-0.25, -0.2) is 0 Å². The van der Waals surface area contributed by atoms with Crippen LogP contribution < -0.4 is 10.6 Å². The van der Waals surface area contributed by atoms with Gasteiger partial charge in [-0.2, -0.15) is 5.26 Å². The average molecular weight is 504 g/mol. The maximum Gasteiger partial charge on any atom is 0.262 e. The normalized spacial score (nSPS) is 15.4. The fourth-order valence-electron chi connectivity index (χ4n) is 4.33. The topological polar surface area (TPSA) is 123 Å². The molecule has 0 aliphatic carbocycles. The minimum atomic E-state index is -1.07. The van der Waals surface area contributed by atoms with E-state index in [0.717, 1.165) is 67.1 Å². The van der Waals surface area contributed by atoms with Crippen LogP contribution in [0.2, 0.25) is 0 Å². The summed E-state index contributed by atoms with van der Waals surface area (Å²) in [4.78, 5) is 14.7. The number of benzene rings is 2. The SMILES string of the molecule is Cn1c(C=C(C#N)C(=O)NCC(O)CO)ccc1-c1ccc2cc(NCCN3CCOCC3)ccc2c1. The smallest absolute Gasteiger partial charge is 0.262 e. The second kappa shape index (κ2) is 12.5. The number of carbonyl (C=O) groups excluding carboxylic acids is 1. The van der Waals surface area contributed by atoms with Gasteiger partial charge in [0.1, 0.15) is 11.6 Å². The number of amides is 1. The number of aromatic nitrogens is 1. The summed E-state index contributed by atoms with van der Waals surface area (Å²) in [6.45, 7) is 4.86. The third-order valence-electron chi connectivity index (χ3n) is 6.52. The van der Waals surface area contributed by atoms with Crippen LogP contribution in [0.3, 0.4) is 0 Å². The summed E-state index contributed by atoms with van der Waals surface area (Å²) in [6.07, 6.45) is 0.445. The maximum atomic E-state index is 12.3. The van der Waals surface area contributed by atoms with Gasteiger partial charge in [0.05, 0.1) is 25.9 Å². The molecule has 1 aliphatic rings. The summed E-state index contributed by atoms with van der Waals surface area (Å²) < 4.78 is 7.33. The molecule has 1 aromatic heterocycles. The molecule has 1 aliphatic heterocycles. The van der Waals surface area contributed by atoms with Crippen molar-refractivity contribution in [2.75, 3.05) is 57.9 Å². The van der Waals surface area contributed by atoms with E-state index in [1.807, 2.05) is 29.8 Å². The van der Waals surface area contributed by atoms with E-state index >= 15 is 0 Å². The van der Waals surface area contributed by atoms with Gasteiger partial charge in [-0.1, -0.05) is 18.2 Å². The first kappa shape index (κ1) is 26.4. The van der Waals surface area contributed by atoms with E-state index in [-0.39, 0.29) is 12.1 Å². The van der Waals surface area contributed by atoms with Crippen molar-refractivity contribution in [3.8, 4) is 17.3 Å². The lowest BCUT2D eigenvalue weighted by molar-refractivity contribution is -0.117. The first-order valence-electron chi connectivity index (χ1n) is 12.4. The van der Waals surface area contributed by atoms with Crippen molar-refractivity contribution >= 4 is 28.4 Å². The van der Waals surface area contributed by atoms with Crippen LogP contribution in [0.1, 0.15) is 5.69 Å². The van der Waals surface area contributed by atoms with Crippen molar-refractivity contribution in [3.63, 3.8) is 0 Å². The van der Waals surface area contributed by atoms with Crippen LogP contribution in [0.4, 0.5) is 5.69 Å². The fourth-order valence-corrected chi connectivity index (χ4v) is 4.33. The van der Waals surface area contributed by atoms with E-state index in [1.165, 1.54) is 6.08 Å². The Morgan fingerprint density at radius 1 is 1.16 bits per heavy atom. The van der Waals surface area contributed by atoms with Crippen LogP contribution in [-0.4, -0.2) is 84.2 Å². The molecule has 1 saturated heterocycles. The second-order valence-electron chi connectivity index (χ2n) is 9.08. The van der Waals surface area contributed by atoms with Gasteiger partial charge in [-0.15, -0.1) is 0 Å². The molecule has 0 bridgehead atoms. The Balaban J connectivity index is 1.45. The summed E-state index contributed by atoms with van der Waals surface area (Å²) in [6, 6.07) is 18.4. The number of nitrogens with one attached hydrogen (secondary N) is 2. The molecule has 1 fully saturated rings. The number of anilines is 1. The molecular formula is C28H33N5O4. The maximum absolute atomic E-state index is 12.3. The number of rotatable bonds is 10. The highest BCUT2D eigenvalue weighted by Gasteiger charge is 2.14. The monoisotopic (exact) mass is 503 g/mol. The fraction of sp³-hybridized carbons (Fsp3) is 0.357. The zero-order chi connectivity index (χ0) is 26.2. The minimum Gasteiger partial charge on any atom is -0.394 e. The van der Waals surface area contributed by atoms with E-state index in [1.54, 1.807) is 0 Å². The van der Waals surface area contributed by atoms with Gasteiger partial charge in [0.25, 0.3) is 5.91 Å². The first-order chi connectivity index (χ1) is 18.0. The number of aliphatic hydroxyl groups excluding tert-OH is 2. The summed E-state index contributed by atoms with van der Waals surface area (Å²) >= 11 is 0. The number of ether oxygens (including phenoxy) is 1. The molecule has 1 atom stereocenters. The molecule has 2 heterocycles. The molecule has 4 N–H and O–H groups in total. The van der Waals surface area contributed by atoms with Crippen LogP contribution in [0.15, 0.2) is 54.1 Å². The molecular weight excluding hydrogens is 470 g/mol. The van der Waals surface area contributed by atoms with Crippen molar-refractivity contribution in [1.82, 2.24) is 14.8 Å². The highest BCUT2D eigenvalue weighted by Crippen LogP contribution is 2.28. The summed E-state index contributed by atoms with van der Waals surface area (Å²) in [7, 11) is 1.88. The average Bonchev–Trinajstić information content (AvgIpc) is 3.29. The van der Waals surface area contributed by atoms with Gasteiger partial charge in [0.15, 0.2) is 0 Å². The quantitative estimate of drug-likeness (QED) is 0.246. The molecule has 37 heavy (non-hydrogen) atoms. The standard InChI is InChI=1S/C28H33N5O4/c1-32-25(16-23(17-29)28(36)31-18-26(35)19-34)6-7-27(32)22-3-2-21-15-24(5-4-20(21)14-22)30-8-9-33-10-12-37-13-11-33/h2-7,14-16,26,30,34-35H,8-13,18-19H2,1H3,(H,31,36). The molecule has 9 heteroatoms. The van der Waals surface area contributed by atoms with Crippen molar-refractivity contribution < 1.29 is 19.7 Å². The molecule has 0 saturated carbocycles. The molecule has 0 spiro atoms. The van der Waals surface area contributed by atoms with Gasteiger partial charge in [-0.05, 0) is 52.7 Å². The zero-order valence-electron chi connectivity index (χ0n) is 21.0. The van der Waals surface area contributed by atoms with Crippen molar-refractivity contribution in [1.29, 1.82) is 5.26 Å². The molecule has 0 radical (unpaired) electrons. The van der Waals surface area contributed by atoms with Crippen LogP contribution in [0.25, 0.3) is 28.1 Å². The van der Waals surface area contributed by atoms with Gasteiger partial charge in [0.2, 0.25) is 0 Å². The van der Waals surface area contributed by atoms with E-state index in [4.69, 9.17) is 9.84 Å². The molecule has 1 unspecified atom stereocenters. The van der Waals surface area contributed by atoms with Gasteiger partial charge in [-0.3, -0.25) is 9.69 Å². The largest absolute Gasteiger partial charge is 0.394 e. The Hall–Kier alpha value is -3.68. The predicted molar refractivity (Wildman–Crippen MR) is 144 cm³/mol. The van der Waals surface area contributed by atoms with Crippen molar-refractivity contribution in [3.05, 3.63) is 59.8 Å². The minimum absolute atomic E-state index is 0.0787. The predicted octanol–water partition coefficient (Wildman–Crippen LogP) is 1.97. The van der Waals surface area contributed by atoms with Crippen molar-refractivity contribution in [2.45, 2.75) is 6.10 Å². The number of carbonyl (C=O) groups is 1. The Morgan fingerprint density at radius 2 is 1.92 bits per heavy atom. The van der Waals surface area contributed by atoms with E-state index in [2.05, 4.69) is 51.9 Å². The number of hydrogen-bond acceptors (Lipinski definition) is 7. The molecule has 2 aromatic carbocycles. The number of fused-ring (bicyclic) bond motifs is 1. The lowest BCUT2D eigenvalue weighted by Crippen LogP contribution is -2.38. The summed E-state index contributed by atoms with van der Waals surface area (Å²) in [5.74, 6) is -0.599. The molecule has 9 nitrogen and oxygen atoms in total. The van der Waals surface area contributed by atoms with E-state index < -0.39 is 18.6 Å². The Labute approximate surface area is 216 Å². The van der Waals surface area contributed by atoms with Gasteiger partial charge < -0.3 is 30.2 Å². The van der Waals surface area contributed by atoms with Crippen LogP contribution in [-0.2, 0) is 16.6 Å². The molecule has 3 aromatic rings. The van der Waals surface area contributed by atoms with E-state index in [9.17, 15) is 15.2 Å². The number of nitriles is 1. The molecule has 1 amide bonds. The van der Waals surface area contributed by atoms with E-state index in [0.29, 0.717) is 5.69 Å². The zero-order valence-corrected chi connectivity index (χ0v) is 21.0. The Bertz CT molecular complexity index is 1300. The summed E-state index contributed by atoms with van der Waals surface area (Å²) in [5.41, 5.74) is 3.69. The van der Waals surface area contributed by atoms with Crippen LogP contribution in [0.5, 0.6) is 0 Å². The third kappa shape index (κ3) is 6.76. The second-order valence-corrected chi connectivity index (χ2v) is 9.08. The number of aliphatic hydroxyl groups is 2. The van der Waals surface area contributed by atoms with Crippen LogP contribution >= 0.6 is 0 Å². The Kier molecular flexibility index (Phi) is 8.93. The van der Waals surface area contributed by atoms with Gasteiger partial charge >= 0.3 is 0 Å². The van der Waals surface area contributed by atoms with Crippen LogP contribution in [0, 0.1) is 11.3 Å². The lowest BCUT2D eigenvalue weighted by Gasteiger charge is -2.26. The summed E-state index contributed by atoms with van der Waals surface area (Å²) in [5, 5.41) is 36.0. The lowest BCUT2D eigenvalue weighted by atomic mass is 10.0. The molecule has 4 rings (SSSR count). The Morgan fingerprint density at radius 3 is 2.68 bits per heavy atom. The first-order valence-corrected chi connectivity index (χ1v) is 12.4. The number of nitrogens with zero attached hydrogens (tertiary/aromatic N) is 3. The highest BCUT2D eigenvalue weighted by molar-refractivity contribution is 6.01. The molecule has 194 valence electrons.